The van der Waals surface area contributed by atoms with E-state index >= 15 is 0 Å². The Morgan fingerprint density at radius 2 is 2.50 bits per heavy atom. The smallest absolute Gasteiger partial charge is 0.158 e. The molecule has 0 saturated heterocycles. The number of aryl methyl sites for hydroxylation is 1. The monoisotopic (exact) mass is 141 g/mol. The Hall–Kier alpha value is -0.900. The molecule has 0 unspecified atom stereocenters. The molecule has 0 fully saturated rings. The molecule has 10 heavy (non-hydrogen) atoms. The molecule has 56 valence electrons. The molecule has 1 rings (SSSR count). The van der Waals surface area contributed by atoms with Gasteiger partial charge in [-0.15, -0.1) is 10.2 Å². The van der Waals surface area contributed by atoms with Crippen LogP contribution in [0.2, 0.25) is 0 Å². The van der Waals surface area contributed by atoms with Gasteiger partial charge in [-0.2, -0.15) is 0 Å². The zero-order valence-electron chi connectivity index (χ0n) is 6.24. The Labute approximate surface area is 59.8 Å². The zero-order chi connectivity index (χ0) is 7.40. The third-order valence-electron chi connectivity index (χ3n) is 1.31. The van der Waals surface area contributed by atoms with Crippen LogP contribution in [0.4, 0.5) is 0 Å². The molecule has 0 aromatic carbocycles. The first kappa shape index (κ1) is 7.21. The highest BCUT2D eigenvalue weighted by Gasteiger charge is 1.99. The normalized spacial score (nSPS) is 10.2. The van der Waals surface area contributed by atoms with Crippen molar-refractivity contribution in [2.24, 2.45) is 0 Å². The maximum Gasteiger partial charge on any atom is 0.158 e. The molecule has 0 aliphatic carbocycles. The van der Waals surface area contributed by atoms with Crippen molar-refractivity contribution < 1.29 is 4.74 Å². The van der Waals surface area contributed by atoms with Crippen molar-refractivity contribution in [3.8, 4) is 0 Å². The Kier molecular flexibility index (Phi) is 2.39. The molecular formula is C6H11N3O. The predicted molar refractivity (Wildman–Crippen MR) is 36.4 cm³/mol. The fourth-order valence-corrected chi connectivity index (χ4v) is 0.784. The van der Waals surface area contributed by atoms with Crippen molar-refractivity contribution in [2.45, 2.75) is 20.1 Å². The lowest BCUT2D eigenvalue weighted by atomic mass is 10.6. The number of aromatic nitrogens is 3. The molecule has 0 N–H and O–H groups in total. The van der Waals surface area contributed by atoms with E-state index in [4.69, 9.17) is 4.74 Å². The van der Waals surface area contributed by atoms with Gasteiger partial charge in [0.25, 0.3) is 0 Å². The second-order valence-electron chi connectivity index (χ2n) is 1.97. The fraction of sp³-hybridized carbons (Fsp3) is 0.667. The average molecular weight is 141 g/mol. The van der Waals surface area contributed by atoms with Crippen LogP contribution in [0.3, 0.4) is 0 Å². The first-order valence-electron chi connectivity index (χ1n) is 3.24. The minimum atomic E-state index is 0.536. The van der Waals surface area contributed by atoms with Crippen LogP contribution in [0.5, 0.6) is 0 Å². The van der Waals surface area contributed by atoms with Gasteiger partial charge in [0.1, 0.15) is 12.9 Å². The highest BCUT2D eigenvalue weighted by atomic mass is 16.5. The summed E-state index contributed by atoms with van der Waals surface area (Å²) in [6.45, 7) is 3.47. The summed E-state index contributed by atoms with van der Waals surface area (Å²) in [6.07, 6.45) is 1.70. The summed E-state index contributed by atoms with van der Waals surface area (Å²) < 4.78 is 6.85. The first-order chi connectivity index (χ1) is 4.88. The molecule has 0 bridgehead atoms. The molecule has 1 aromatic rings. The average Bonchev–Trinajstić information content (AvgIpc) is 2.36. The van der Waals surface area contributed by atoms with Gasteiger partial charge in [-0.1, -0.05) is 0 Å². The third-order valence-corrected chi connectivity index (χ3v) is 1.31. The van der Waals surface area contributed by atoms with Gasteiger partial charge in [0.15, 0.2) is 5.82 Å². The summed E-state index contributed by atoms with van der Waals surface area (Å²) in [7, 11) is 1.65. The van der Waals surface area contributed by atoms with Gasteiger partial charge in [-0.05, 0) is 6.92 Å². The number of rotatable bonds is 3. The summed E-state index contributed by atoms with van der Waals surface area (Å²) in [4.78, 5) is 0. The van der Waals surface area contributed by atoms with Crippen molar-refractivity contribution in [2.75, 3.05) is 7.11 Å². The molecule has 0 atom stereocenters. The van der Waals surface area contributed by atoms with Gasteiger partial charge in [-0.25, -0.2) is 0 Å². The number of hydrogen-bond donors (Lipinski definition) is 0. The van der Waals surface area contributed by atoms with E-state index in [9.17, 15) is 0 Å². The van der Waals surface area contributed by atoms with Crippen molar-refractivity contribution in [3.05, 3.63) is 12.2 Å². The van der Waals surface area contributed by atoms with Gasteiger partial charge in [-0.3, -0.25) is 0 Å². The standard InChI is InChI=1S/C6H11N3O/c1-3-9-5-7-8-6(9)4-10-2/h5H,3-4H2,1-2H3. The molecule has 1 heterocycles. The molecule has 0 saturated carbocycles. The van der Waals surface area contributed by atoms with E-state index in [1.165, 1.54) is 0 Å². The number of ether oxygens (including phenoxy) is 1. The lowest BCUT2D eigenvalue weighted by Crippen LogP contribution is -2.01. The van der Waals surface area contributed by atoms with E-state index in [-0.39, 0.29) is 0 Å². The maximum absolute atomic E-state index is 4.91. The molecular weight excluding hydrogens is 130 g/mol. The zero-order valence-corrected chi connectivity index (χ0v) is 6.24. The van der Waals surface area contributed by atoms with Crippen LogP contribution >= 0.6 is 0 Å². The third kappa shape index (κ3) is 1.33. The summed E-state index contributed by atoms with van der Waals surface area (Å²) in [5, 5.41) is 7.61. The van der Waals surface area contributed by atoms with Crippen LogP contribution in [-0.4, -0.2) is 21.9 Å². The van der Waals surface area contributed by atoms with E-state index in [0.717, 1.165) is 12.4 Å². The van der Waals surface area contributed by atoms with Crippen molar-refractivity contribution in [1.29, 1.82) is 0 Å². The fourth-order valence-electron chi connectivity index (χ4n) is 0.784. The lowest BCUT2D eigenvalue weighted by Gasteiger charge is -1.99. The van der Waals surface area contributed by atoms with Crippen LogP contribution < -0.4 is 0 Å². The second kappa shape index (κ2) is 3.31. The number of nitrogens with zero attached hydrogens (tertiary/aromatic N) is 3. The summed E-state index contributed by atoms with van der Waals surface area (Å²) in [5.74, 6) is 0.880. The van der Waals surface area contributed by atoms with Gasteiger partial charge >= 0.3 is 0 Å². The van der Waals surface area contributed by atoms with Gasteiger partial charge in [0, 0.05) is 13.7 Å². The van der Waals surface area contributed by atoms with Crippen LogP contribution in [0.15, 0.2) is 6.33 Å². The van der Waals surface area contributed by atoms with Crippen LogP contribution in [0.1, 0.15) is 12.7 Å². The van der Waals surface area contributed by atoms with E-state index in [1.54, 1.807) is 13.4 Å². The van der Waals surface area contributed by atoms with Crippen LogP contribution in [0, 0.1) is 0 Å². The van der Waals surface area contributed by atoms with E-state index in [2.05, 4.69) is 10.2 Å². The van der Waals surface area contributed by atoms with Gasteiger partial charge < -0.3 is 9.30 Å². The van der Waals surface area contributed by atoms with Gasteiger partial charge in [0.05, 0.1) is 0 Å². The Morgan fingerprint density at radius 1 is 1.70 bits per heavy atom. The number of hydrogen-bond acceptors (Lipinski definition) is 3. The highest BCUT2D eigenvalue weighted by Crippen LogP contribution is 1.95. The summed E-state index contributed by atoms with van der Waals surface area (Å²) in [5.41, 5.74) is 0. The van der Waals surface area contributed by atoms with Crippen LogP contribution in [0.25, 0.3) is 0 Å². The van der Waals surface area contributed by atoms with E-state index in [1.807, 2.05) is 11.5 Å². The molecule has 1 aromatic heterocycles. The molecule has 0 aliphatic rings. The Bertz CT molecular complexity index is 197. The summed E-state index contributed by atoms with van der Waals surface area (Å²) in [6, 6.07) is 0. The van der Waals surface area contributed by atoms with Gasteiger partial charge in [0.2, 0.25) is 0 Å². The minimum Gasteiger partial charge on any atom is -0.377 e. The molecule has 4 nitrogen and oxygen atoms in total. The lowest BCUT2D eigenvalue weighted by molar-refractivity contribution is 0.174. The largest absolute Gasteiger partial charge is 0.377 e. The quantitative estimate of drug-likeness (QED) is 0.613. The summed E-state index contributed by atoms with van der Waals surface area (Å²) >= 11 is 0. The SMILES string of the molecule is CCn1cnnc1COC. The van der Waals surface area contributed by atoms with Crippen LogP contribution in [-0.2, 0) is 17.9 Å². The van der Waals surface area contributed by atoms with Crippen molar-refractivity contribution in [1.82, 2.24) is 14.8 Å². The Balaban J connectivity index is 2.70. The molecule has 0 spiro atoms. The topological polar surface area (TPSA) is 39.9 Å². The maximum atomic E-state index is 4.91. The molecule has 0 aliphatic heterocycles. The second-order valence-corrected chi connectivity index (χ2v) is 1.97. The number of methoxy groups -OCH3 is 1. The molecule has 0 radical (unpaired) electrons. The van der Waals surface area contributed by atoms with E-state index in [0.29, 0.717) is 6.61 Å². The van der Waals surface area contributed by atoms with E-state index < -0.39 is 0 Å². The van der Waals surface area contributed by atoms with Crippen molar-refractivity contribution >= 4 is 0 Å². The molecule has 4 heteroatoms. The highest BCUT2D eigenvalue weighted by molar-refractivity contribution is 4.81. The minimum absolute atomic E-state index is 0.536. The van der Waals surface area contributed by atoms with Crippen molar-refractivity contribution in [3.63, 3.8) is 0 Å². The first-order valence-corrected chi connectivity index (χ1v) is 3.24. The predicted octanol–water partition coefficient (Wildman–Crippen LogP) is 0.444. The Morgan fingerprint density at radius 3 is 3.10 bits per heavy atom. The molecule has 0 amide bonds.